The summed E-state index contributed by atoms with van der Waals surface area (Å²) in [5.74, 6) is 1.06. The molecule has 7 nitrogen and oxygen atoms in total. The summed E-state index contributed by atoms with van der Waals surface area (Å²) in [4.78, 5) is 25.3. The Kier molecular flexibility index (Phi) is 7.35. The highest BCUT2D eigenvalue weighted by Gasteiger charge is 2.34. The van der Waals surface area contributed by atoms with Crippen molar-refractivity contribution in [1.29, 1.82) is 0 Å². The van der Waals surface area contributed by atoms with Crippen LogP contribution in [0.3, 0.4) is 0 Å². The number of hydrogen-bond donors (Lipinski definition) is 1. The smallest absolute Gasteiger partial charge is 0.282 e. The van der Waals surface area contributed by atoms with Crippen LogP contribution in [-0.4, -0.2) is 31.6 Å². The first-order valence-corrected chi connectivity index (χ1v) is 11.5. The number of benzene rings is 3. The molecule has 1 heterocycles. The summed E-state index contributed by atoms with van der Waals surface area (Å²) in [5.41, 5.74) is 6.10. The van der Waals surface area contributed by atoms with Gasteiger partial charge in [0, 0.05) is 0 Å². The van der Waals surface area contributed by atoms with Crippen LogP contribution in [0.25, 0.3) is 6.08 Å². The van der Waals surface area contributed by atoms with Crippen LogP contribution in [0.15, 0.2) is 72.3 Å². The summed E-state index contributed by atoms with van der Waals surface area (Å²) in [5, 5.41) is 1.24. The fourth-order valence-corrected chi connectivity index (χ4v) is 3.65. The van der Waals surface area contributed by atoms with Gasteiger partial charge in [0.25, 0.3) is 11.8 Å². The minimum Gasteiger partial charge on any atom is -0.490 e. The van der Waals surface area contributed by atoms with E-state index >= 15 is 0 Å². The van der Waals surface area contributed by atoms with Gasteiger partial charge in [0.15, 0.2) is 11.5 Å². The zero-order valence-electron chi connectivity index (χ0n) is 20.0. The Hall–Kier alpha value is -4.26. The molecule has 35 heavy (non-hydrogen) atoms. The average Bonchev–Trinajstić information content (AvgIpc) is 3.14. The number of aryl methyl sites for hydroxylation is 2. The van der Waals surface area contributed by atoms with E-state index in [1.807, 2.05) is 45.0 Å². The maximum atomic E-state index is 12.8. The predicted molar refractivity (Wildman–Crippen MR) is 135 cm³/mol. The van der Waals surface area contributed by atoms with Gasteiger partial charge in [-0.15, -0.1) is 0 Å². The quantitative estimate of drug-likeness (QED) is 0.279. The molecule has 0 aromatic heterocycles. The summed E-state index contributed by atoms with van der Waals surface area (Å²) in [7, 11) is 0. The van der Waals surface area contributed by atoms with Crippen molar-refractivity contribution in [3.8, 4) is 17.2 Å². The zero-order valence-corrected chi connectivity index (χ0v) is 20.0. The van der Waals surface area contributed by atoms with Crippen molar-refractivity contribution in [1.82, 2.24) is 5.43 Å². The van der Waals surface area contributed by atoms with Crippen LogP contribution in [0.5, 0.6) is 17.2 Å². The monoisotopic (exact) mass is 472 g/mol. The number of hydrogen-bond acceptors (Lipinski definition) is 5. The van der Waals surface area contributed by atoms with Crippen LogP contribution >= 0.6 is 0 Å². The van der Waals surface area contributed by atoms with Crippen molar-refractivity contribution in [2.45, 2.75) is 20.8 Å². The third-order valence-corrected chi connectivity index (χ3v) is 5.43. The van der Waals surface area contributed by atoms with E-state index in [1.165, 1.54) is 5.01 Å². The van der Waals surface area contributed by atoms with Crippen molar-refractivity contribution in [2.75, 3.05) is 24.8 Å². The summed E-state index contributed by atoms with van der Waals surface area (Å²) < 4.78 is 17.5. The number of carbonyl (C=O) groups is 2. The molecule has 7 heteroatoms. The second-order valence-electron chi connectivity index (χ2n) is 8.08. The Bertz CT molecular complexity index is 1250. The fourth-order valence-electron chi connectivity index (χ4n) is 3.65. The first-order chi connectivity index (χ1) is 17.0. The SMILES string of the molecule is CCOc1cc(C=C2C(=O)NN(c3ccccc3)C2=O)ccc1OCCOc1cc(C)ccc1C. The van der Waals surface area contributed by atoms with Crippen LogP contribution in [0, 0.1) is 13.8 Å². The summed E-state index contributed by atoms with van der Waals surface area (Å²) in [6.45, 7) is 7.06. The van der Waals surface area contributed by atoms with E-state index in [0.717, 1.165) is 16.9 Å². The summed E-state index contributed by atoms with van der Waals surface area (Å²) >= 11 is 0. The highest BCUT2D eigenvalue weighted by molar-refractivity contribution is 6.31. The van der Waals surface area contributed by atoms with Gasteiger partial charge in [-0.25, -0.2) is 5.01 Å². The molecule has 1 fully saturated rings. The molecule has 2 amide bonds. The van der Waals surface area contributed by atoms with Gasteiger partial charge in [-0.1, -0.05) is 36.4 Å². The van der Waals surface area contributed by atoms with E-state index < -0.39 is 11.8 Å². The Balaban J connectivity index is 1.45. The van der Waals surface area contributed by atoms with Gasteiger partial charge in [0.05, 0.1) is 12.3 Å². The molecule has 0 bridgehead atoms. The molecule has 1 aliphatic rings. The summed E-state index contributed by atoms with van der Waals surface area (Å²) in [6.07, 6.45) is 1.55. The zero-order chi connectivity index (χ0) is 24.8. The molecule has 0 saturated carbocycles. The Morgan fingerprint density at radius 2 is 1.57 bits per heavy atom. The average molecular weight is 473 g/mol. The van der Waals surface area contributed by atoms with E-state index in [9.17, 15) is 9.59 Å². The molecule has 3 aromatic carbocycles. The largest absolute Gasteiger partial charge is 0.490 e. The molecule has 1 saturated heterocycles. The molecule has 1 N–H and O–H groups in total. The Labute approximate surface area is 204 Å². The van der Waals surface area contributed by atoms with Gasteiger partial charge < -0.3 is 14.2 Å². The van der Waals surface area contributed by atoms with Gasteiger partial charge in [-0.05, 0) is 73.9 Å². The second kappa shape index (κ2) is 10.8. The van der Waals surface area contributed by atoms with E-state index in [1.54, 1.807) is 48.5 Å². The molecule has 0 radical (unpaired) electrons. The van der Waals surface area contributed by atoms with E-state index in [-0.39, 0.29) is 5.57 Å². The lowest BCUT2D eigenvalue weighted by Crippen LogP contribution is -2.35. The van der Waals surface area contributed by atoms with Crippen molar-refractivity contribution in [3.63, 3.8) is 0 Å². The molecule has 180 valence electrons. The number of hydrazine groups is 1. The highest BCUT2D eigenvalue weighted by atomic mass is 16.5. The number of amides is 2. The van der Waals surface area contributed by atoms with Gasteiger partial charge in [0.2, 0.25) is 0 Å². The van der Waals surface area contributed by atoms with Crippen LogP contribution in [-0.2, 0) is 9.59 Å². The number of carbonyl (C=O) groups excluding carboxylic acids is 2. The maximum absolute atomic E-state index is 12.8. The van der Waals surface area contributed by atoms with E-state index in [2.05, 4.69) is 5.43 Å². The van der Waals surface area contributed by atoms with Crippen LogP contribution in [0.2, 0.25) is 0 Å². The first kappa shape index (κ1) is 23.9. The number of anilines is 1. The molecule has 3 aromatic rings. The van der Waals surface area contributed by atoms with Crippen molar-refractivity contribution in [3.05, 3.63) is 89.0 Å². The van der Waals surface area contributed by atoms with Crippen molar-refractivity contribution >= 4 is 23.6 Å². The molecule has 1 aliphatic heterocycles. The van der Waals surface area contributed by atoms with Crippen LogP contribution in [0.1, 0.15) is 23.6 Å². The highest BCUT2D eigenvalue weighted by Crippen LogP contribution is 2.30. The number of rotatable bonds is 9. The van der Waals surface area contributed by atoms with Crippen molar-refractivity contribution in [2.24, 2.45) is 0 Å². The number of nitrogens with zero attached hydrogens (tertiary/aromatic N) is 1. The van der Waals surface area contributed by atoms with E-state index in [4.69, 9.17) is 14.2 Å². The molecular formula is C28H28N2O5. The minimum atomic E-state index is -0.458. The number of nitrogens with one attached hydrogen (secondary N) is 1. The molecule has 0 aliphatic carbocycles. The summed E-state index contributed by atoms with van der Waals surface area (Å²) in [6, 6.07) is 20.3. The molecule has 0 atom stereocenters. The molecule has 0 unspecified atom stereocenters. The van der Waals surface area contributed by atoms with Crippen LogP contribution < -0.4 is 24.6 Å². The molecule has 0 spiro atoms. The third-order valence-electron chi connectivity index (χ3n) is 5.43. The lowest BCUT2D eigenvalue weighted by molar-refractivity contribution is -0.117. The Morgan fingerprint density at radius 1 is 0.829 bits per heavy atom. The van der Waals surface area contributed by atoms with Gasteiger partial charge >= 0.3 is 0 Å². The first-order valence-electron chi connectivity index (χ1n) is 11.5. The fraction of sp³-hybridized carbons (Fsp3) is 0.214. The number of para-hydroxylation sites is 1. The molecular weight excluding hydrogens is 444 g/mol. The maximum Gasteiger partial charge on any atom is 0.282 e. The number of ether oxygens (including phenoxy) is 3. The topological polar surface area (TPSA) is 77.1 Å². The van der Waals surface area contributed by atoms with Gasteiger partial charge in [-0.3, -0.25) is 15.0 Å². The third kappa shape index (κ3) is 5.63. The minimum absolute atomic E-state index is 0.0481. The van der Waals surface area contributed by atoms with Crippen molar-refractivity contribution < 1.29 is 23.8 Å². The second-order valence-corrected chi connectivity index (χ2v) is 8.08. The predicted octanol–water partition coefficient (Wildman–Crippen LogP) is 4.62. The lowest BCUT2D eigenvalue weighted by atomic mass is 10.1. The standard InChI is InChI=1S/C28H28N2O5/c1-4-33-26-18-21(17-23-27(31)29-30(28(23)32)22-8-6-5-7-9-22)12-13-24(26)34-14-15-35-25-16-19(2)10-11-20(25)3/h5-13,16-18H,4,14-15H2,1-3H3,(H,29,31). The van der Waals surface area contributed by atoms with Gasteiger partial charge in [0.1, 0.15) is 24.5 Å². The van der Waals surface area contributed by atoms with Gasteiger partial charge in [-0.2, -0.15) is 0 Å². The Morgan fingerprint density at radius 3 is 2.31 bits per heavy atom. The lowest BCUT2D eigenvalue weighted by Gasteiger charge is -2.14. The van der Waals surface area contributed by atoms with Crippen LogP contribution in [0.4, 0.5) is 5.69 Å². The molecule has 4 rings (SSSR count). The normalized spacial score (nSPS) is 14.3. The van der Waals surface area contributed by atoms with E-state index in [0.29, 0.717) is 42.6 Å².